The lowest BCUT2D eigenvalue weighted by Gasteiger charge is -2.10. The molecule has 0 amide bonds. The van der Waals surface area contributed by atoms with Crippen LogP contribution in [0, 0.1) is 6.92 Å². The summed E-state index contributed by atoms with van der Waals surface area (Å²) in [6.45, 7) is 2.80. The normalized spacial score (nSPS) is 10.3. The van der Waals surface area contributed by atoms with E-state index in [4.69, 9.17) is 0 Å². The molecular formula is C18H17BrN4. The van der Waals surface area contributed by atoms with Crippen LogP contribution in [0.15, 0.2) is 65.3 Å². The Bertz CT molecular complexity index is 804. The van der Waals surface area contributed by atoms with Gasteiger partial charge in [0.15, 0.2) is 0 Å². The van der Waals surface area contributed by atoms with Gasteiger partial charge in [0.25, 0.3) is 0 Å². The zero-order chi connectivity index (χ0) is 16.1. The smallest absolute Gasteiger partial charge is 0.224 e. The van der Waals surface area contributed by atoms with Crippen LogP contribution in [0.1, 0.15) is 11.1 Å². The minimum absolute atomic E-state index is 0.602. The van der Waals surface area contributed by atoms with E-state index < -0.39 is 0 Å². The molecule has 0 saturated heterocycles. The van der Waals surface area contributed by atoms with Gasteiger partial charge in [-0.2, -0.15) is 4.98 Å². The van der Waals surface area contributed by atoms with Gasteiger partial charge in [0.05, 0.1) is 5.69 Å². The molecular weight excluding hydrogens is 352 g/mol. The number of halogens is 1. The number of aromatic nitrogens is 2. The number of hydrogen-bond donors (Lipinski definition) is 2. The maximum absolute atomic E-state index is 4.50. The van der Waals surface area contributed by atoms with Gasteiger partial charge in [-0.05, 0) is 52.2 Å². The third-order valence-electron chi connectivity index (χ3n) is 3.49. The minimum atomic E-state index is 0.602. The Kier molecular flexibility index (Phi) is 4.88. The van der Waals surface area contributed by atoms with Crippen molar-refractivity contribution in [2.24, 2.45) is 0 Å². The van der Waals surface area contributed by atoms with Gasteiger partial charge < -0.3 is 10.6 Å². The van der Waals surface area contributed by atoms with Gasteiger partial charge in [0.2, 0.25) is 5.95 Å². The quantitative estimate of drug-likeness (QED) is 0.672. The number of nitrogens with zero attached hydrogens (tertiary/aromatic N) is 2. The van der Waals surface area contributed by atoms with Gasteiger partial charge in [0.1, 0.15) is 5.82 Å². The molecule has 116 valence electrons. The number of hydrogen-bond acceptors (Lipinski definition) is 4. The Balaban J connectivity index is 1.70. The highest BCUT2D eigenvalue weighted by atomic mass is 79.9. The fourth-order valence-electron chi connectivity index (χ4n) is 2.20. The number of anilines is 3. The lowest BCUT2D eigenvalue weighted by atomic mass is 10.1. The van der Waals surface area contributed by atoms with E-state index in [2.05, 4.69) is 55.6 Å². The van der Waals surface area contributed by atoms with Crippen molar-refractivity contribution < 1.29 is 0 Å². The molecule has 2 aromatic carbocycles. The lowest BCUT2D eigenvalue weighted by Crippen LogP contribution is -2.06. The number of aryl methyl sites for hydroxylation is 1. The molecule has 0 atom stereocenters. The largest absolute Gasteiger partial charge is 0.350 e. The first-order valence-electron chi connectivity index (χ1n) is 7.35. The summed E-state index contributed by atoms with van der Waals surface area (Å²) in [6, 6.07) is 18.1. The fourth-order valence-corrected chi connectivity index (χ4v) is 2.58. The molecule has 0 unspecified atom stereocenters. The first-order valence-corrected chi connectivity index (χ1v) is 8.14. The van der Waals surface area contributed by atoms with Crippen molar-refractivity contribution in [3.63, 3.8) is 0 Å². The Labute approximate surface area is 144 Å². The highest BCUT2D eigenvalue weighted by Gasteiger charge is 2.03. The second-order valence-corrected chi connectivity index (χ2v) is 6.00. The molecule has 0 spiro atoms. The van der Waals surface area contributed by atoms with Crippen LogP contribution < -0.4 is 10.6 Å². The predicted octanol–water partition coefficient (Wildman–Crippen LogP) is 4.90. The third-order valence-corrected chi connectivity index (χ3v) is 4.18. The van der Waals surface area contributed by atoms with Crippen LogP contribution in [0.4, 0.5) is 17.5 Å². The van der Waals surface area contributed by atoms with Crippen molar-refractivity contribution in [2.75, 3.05) is 10.6 Å². The fraction of sp³-hybridized carbons (Fsp3) is 0.111. The van der Waals surface area contributed by atoms with E-state index >= 15 is 0 Å². The average Bonchev–Trinajstić information content (AvgIpc) is 2.57. The van der Waals surface area contributed by atoms with E-state index in [1.54, 1.807) is 6.20 Å². The van der Waals surface area contributed by atoms with E-state index in [1.807, 2.05) is 42.5 Å². The van der Waals surface area contributed by atoms with Gasteiger partial charge in [0, 0.05) is 17.2 Å². The van der Waals surface area contributed by atoms with E-state index in [9.17, 15) is 0 Å². The number of para-hydroxylation sites is 1. The summed E-state index contributed by atoms with van der Waals surface area (Å²) in [5, 5.41) is 6.55. The molecule has 3 aromatic rings. The zero-order valence-corrected chi connectivity index (χ0v) is 14.3. The van der Waals surface area contributed by atoms with Gasteiger partial charge in [-0.25, -0.2) is 4.98 Å². The molecule has 1 heterocycles. The second-order valence-electron chi connectivity index (χ2n) is 5.15. The van der Waals surface area contributed by atoms with Gasteiger partial charge in [-0.3, -0.25) is 0 Å². The predicted molar refractivity (Wildman–Crippen MR) is 98.0 cm³/mol. The van der Waals surface area contributed by atoms with E-state index in [-0.39, 0.29) is 0 Å². The summed E-state index contributed by atoms with van der Waals surface area (Å²) in [4.78, 5) is 8.77. The molecule has 23 heavy (non-hydrogen) atoms. The number of nitrogens with one attached hydrogen (secondary N) is 2. The van der Waals surface area contributed by atoms with Gasteiger partial charge in [-0.1, -0.05) is 36.4 Å². The summed E-state index contributed by atoms with van der Waals surface area (Å²) in [6.07, 6.45) is 1.74. The maximum atomic E-state index is 4.50. The van der Waals surface area contributed by atoms with E-state index in [0.717, 1.165) is 16.0 Å². The first-order chi connectivity index (χ1) is 11.2. The Morgan fingerprint density at radius 3 is 2.61 bits per heavy atom. The van der Waals surface area contributed by atoms with Crippen LogP contribution in [0.5, 0.6) is 0 Å². The molecule has 0 aliphatic heterocycles. The summed E-state index contributed by atoms with van der Waals surface area (Å²) in [5.74, 6) is 1.35. The first kappa shape index (κ1) is 15.5. The average molecular weight is 369 g/mol. The van der Waals surface area contributed by atoms with Crippen LogP contribution >= 0.6 is 15.9 Å². The molecule has 2 N–H and O–H groups in total. The lowest BCUT2D eigenvalue weighted by molar-refractivity contribution is 1.04. The molecule has 0 radical (unpaired) electrons. The number of rotatable bonds is 5. The number of benzene rings is 2. The molecule has 1 aromatic heterocycles. The molecule has 0 bridgehead atoms. The summed E-state index contributed by atoms with van der Waals surface area (Å²) in [7, 11) is 0. The maximum Gasteiger partial charge on any atom is 0.224 e. The monoisotopic (exact) mass is 368 g/mol. The van der Waals surface area contributed by atoms with Crippen molar-refractivity contribution in [1.29, 1.82) is 0 Å². The topological polar surface area (TPSA) is 49.8 Å². The molecule has 5 heteroatoms. The van der Waals surface area contributed by atoms with Crippen LogP contribution in [-0.4, -0.2) is 9.97 Å². The van der Waals surface area contributed by atoms with Crippen molar-refractivity contribution in [3.05, 3.63) is 76.4 Å². The van der Waals surface area contributed by atoms with E-state index in [1.165, 1.54) is 11.1 Å². The van der Waals surface area contributed by atoms with Crippen molar-refractivity contribution in [2.45, 2.75) is 13.5 Å². The van der Waals surface area contributed by atoms with Crippen LogP contribution in [0.3, 0.4) is 0 Å². The Hall–Kier alpha value is -2.40. The third kappa shape index (κ3) is 4.07. The van der Waals surface area contributed by atoms with Crippen LogP contribution in [0.2, 0.25) is 0 Å². The molecule has 3 rings (SSSR count). The summed E-state index contributed by atoms with van der Waals surface area (Å²) in [5.41, 5.74) is 3.46. The van der Waals surface area contributed by atoms with Crippen molar-refractivity contribution in [3.8, 4) is 0 Å². The van der Waals surface area contributed by atoms with Crippen molar-refractivity contribution in [1.82, 2.24) is 9.97 Å². The molecule has 0 saturated carbocycles. The molecule has 4 nitrogen and oxygen atoms in total. The van der Waals surface area contributed by atoms with Crippen molar-refractivity contribution >= 4 is 33.4 Å². The SMILES string of the molecule is Cc1ccccc1CNc1nccc(Nc2ccccc2Br)n1. The zero-order valence-electron chi connectivity index (χ0n) is 12.8. The molecule has 0 fully saturated rings. The second kappa shape index (κ2) is 7.24. The summed E-state index contributed by atoms with van der Waals surface area (Å²) >= 11 is 3.52. The molecule has 0 aliphatic carbocycles. The van der Waals surface area contributed by atoms with Crippen LogP contribution in [0.25, 0.3) is 0 Å². The van der Waals surface area contributed by atoms with Gasteiger partial charge in [-0.15, -0.1) is 0 Å². The standard InChI is InChI=1S/C18H17BrN4/c1-13-6-2-3-7-14(13)12-21-18-20-11-10-17(23-18)22-16-9-5-4-8-15(16)19/h2-11H,12H2,1H3,(H2,20,21,22,23). The van der Waals surface area contributed by atoms with Crippen LogP contribution in [-0.2, 0) is 6.54 Å². The Morgan fingerprint density at radius 1 is 1.00 bits per heavy atom. The Morgan fingerprint density at radius 2 is 1.78 bits per heavy atom. The van der Waals surface area contributed by atoms with Gasteiger partial charge >= 0.3 is 0 Å². The van der Waals surface area contributed by atoms with E-state index in [0.29, 0.717) is 12.5 Å². The highest BCUT2D eigenvalue weighted by Crippen LogP contribution is 2.24. The minimum Gasteiger partial charge on any atom is -0.350 e. The summed E-state index contributed by atoms with van der Waals surface area (Å²) < 4.78 is 0.994. The molecule has 0 aliphatic rings. The highest BCUT2D eigenvalue weighted by molar-refractivity contribution is 9.10.